The number of hydrogen-bond acceptors (Lipinski definition) is 5. The van der Waals surface area contributed by atoms with Crippen LogP contribution in [-0.2, 0) is 11.2 Å². The predicted molar refractivity (Wildman–Crippen MR) is 114 cm³/mol. The molecule has 3 aromatic carbocycles. The van der Waals surface area contributed by atoms with Crippen LogP contribution >= 0.6 is 0 Å². The Labute approximate surface area is 173 Å². The van der Waals surface area contributed by atoms with E-state index in [0.717, 1.165) is 11.3 Å². The molecule has 0 aliphatic heterocycles. The van der Waals surface area contributed by atoms with Crippen LogP contribution in [0.2, 0.25) is 0 Å². The van der Waals surface area contributed by atoms with Gasteiger partial charge in [-0.2, -0.15) is 9.78 Å². The van der Waals surface area contributed by atoms with E-state index in [9.17, 15) is 9.59 Å². The van der Waals surface area contributed by atoms with Gasteiger partial charge in [0, 0.05) is 11.8 Å². The number of benzene rings is 3. The number of fused-ring (bicyclic) bond motifs is 1. The third kappa shape index (κ3) is 3.93. The summed E-state index contributed by atoms with van der Waals surface area (Å²) in [5.74, 6) is 0.207. The highest BCUT2D eigenvalue weighted by Gasteiger charge is 2.18. The molecule has 1 heterocycles. The summed E-state index contributed by atoms with van der Waals surface area (Å²) < 4.78 is 11.9. The zero-order chi connectivity index (χ0) is 20.9. The molecule has 0 spiro atoms. The Morgan fingerprint density at radius 2 is 1.57 bits per heavy atom. The molecule has 0 aliphatic carbocycles. The molecule has 150 valence electrons. The topological polar surface area (TPSA) is 70.4 Å². The molecule has 0 saturated heterocycles. The molecule has 0 saturated carbocycles. The Hall–Kier alpha value is -3.93. The average molecular weight is 400 g/mol. The molecule has 0 radical (unpaired) electrons. The quantitative estimate of drug-likeness (QED) is 0.461. The Morgan fingerprint density at radius 3 is 2.27 bits per heavy atom. The number of aromatic nitrogens is 2. The molecule has 0 unspecified atom stereocenters. The third-order valence-corrected chi connectivity index (χ3v) is 4.78. The summed E-state index contributed by atoms with van der Waals surface area (Å²) in [5.41, 5.74) is 1.44. The van der Waals surface area contributed by atoms with Crippen molar-refractivity contribution < 1.29 is 14.3 Å². The Morgan fingerprint density at radius 1 is 0.900 bits per heavy atom. The van der Waals surface area contributed by atoms with Gasteiger partial charge in [0.2, 0.25) is 0 Å². The SMILES string of the molecule is COc1ccc(CCOC(=O)c2nn(-c3ccccc3)c(=O)c3ccccc23)cc1. The van der Waals surface area contributed by atoms with Gasteiger partial charge in [0.25, 0.3) is 5.56 Å². The van der Waals surface area contributed by atoms with Gasteiger partial charge >= 0.3 is 5.97 Å². The molecule has 6 heteroatoms. The van der Waals surface area contributed by atoms with Gasteiger partial charge in [-0.25, -0.2) is 4.79 Å². The Bertz CT molecular complexity index is 1230. The lowest BCUT2D eigenvalue weighted by molar-refractivity contribution is 0.0503. The first-order chi connectivity index (χ1) is 14.7. The zero-order valence-electron chi connectivity index (χ0n) is 16.4. The summed E-state index contributed by atoms with van der Waals surface area (Å²) in [6.07, 6.45) is 0.561. The van der Waals surface area contributed by atoms with Crippen molar-refractivity contribution in [3.63, 3.8) is 0 Å². The Balaban J connectivity index is 1.61. The second-order valence-electron chi connectivity index (χ2n) is 6.68. The number of nitrogens with zero attached hydrogens (tertiary/aromatic N) is 2. The van der Waals surface area contributed by atoms with E-state index >= 15 is 0 Å². The van der Waals surface area contributed by atoms with Crippen LogP contribution in [0.15, 0.2) is 83.7 Å². The minimum absolute atomic E-state index is 0.115. The van der Waals surface area contributed by atoms with E-state index in [1.54, 1.807) is 43.5 Å². The first kappa shape index (κ1) is 19.4. The monoisotopic (exact) mass is 400 g/mol. The summed E-state index contributed by atoms with van der Waals surface area (Å²) in [6.45, 7) is 0.200. The van der Waals surface area contributed by atoms with E-state index in [1.165, 1.54) is 4.68 Å². The first-order valence-corrected chi connectivity index (χ1v) is 9.55. The van der Waals surface area contributed by atoms with E-state index in [-0.39, 0.29) is 17.9 Å². The van der Waals surface area contributed by atoms with Crippen LogP contribution in [0.4, 0.5) is 0 Å². The van der Waals surface area contributed by atoms with Crippen molar-refractivity contribution in [2.45, 2.75) is 6.42 Å². The van der Waals surface area contributed by atoms with Gasteiger partial charge in [-0.05, 0) is 35.9 Å². The number of para-hydroxylation sites is 1. The van der Waals surface area contributed by atoms with Crippen LogP contribution in [0.25, 0.3) is 16.5 Å². The zero-order valence-corrected chi connectivity index (χ0v) is 16.4. The molecule has 0 atom stereocenters. The number of carbonyl (C=O) groups excluding carboxylic acids is 1. The smallest absolute Gasteiger partial charge is 0.359 e. The van der Waals surface area contributed by atoms with Crippen LogP contribution in [0, 0.1) is 0 Å². The molecule has 1 aromatic heterocycles. The van der Waals surface area contributed by atoms with Crippen molar-refractivity contribution in [2.24, 2.45) is 0 Å². The summed E-state index contributed by atoms with van der Waals surface area (Å²) >= 11 is 0. The maximum absolute atomic E-state index is 12.9. The normalized spacial score (nSPS) is 10.7. The van der Waals surface area contributed by atoms with Crippen LogP contribution in [0.1, 0.15) is 16.1 Å². The summed E-state index contributed by atoms with van der Waals surface area (Å²) in [7, 11) is 1.61. The predicted octanol–water partition coefficient (Wildman–Crippen LogP) is 3.79. The van der Waals surface area contributed by atoms with Crippen LogP contribution < -0.4 is 10.3 Å². The fourth-order valence-corrected chi connectivity index (χ4v) is 3.21. The highest BCUT2D eigenvalue weighted by atomic mass is 16.5. The summed E-state index contributed by atoms with van der Waals surface area (Å²) in [5, 5.41) is 5.22. The molecule has 6 nitrogen and oxygen atoms in total. The number of ether oxygens (including phenoxy) is 2. The molecular weight excluding hydrogens is 380 g/mol. The maximum atomic E-state index is 12.9. The summed E-state index contributed by atoms with van der Waals surface area (Å²) in [6, 6.07) is 23.5. The second kappa shape index (κ2) is 8.61. The van der Waals surface area contributed by atoms with Gasteiger partial charge in [0.1, 0.15) is 5.75 Å². The fraction of sp³-hybridized carbons (Fsp3) is 0.125. The van der Waals surface area contributed by atoms with Crippen LogP contribution in [-0.4, -0.2) is 29.5 Å². The molecule has 4 aromatic rings. The van der Waals surface area contributed by atoms with Gasteiger partial charge in [-0.1, -0.05) is 48.5 Å². The lowest BCUT2D eigenvalue weighted by Gasteiger charge is -2.11. The van der Waals surface area contributed by atoms with Gasteiger partial charge in [-0.15, -0.1) is 0 Å². The van der Waals surface area contributed by atoms with E-state index in [4.69, 9.17) is 9.47 Å². The molecule has 0 fully saturated rings. The molecule has 0 aliphatic rings. The molecule has 0 bridgehead atoms. The van der Waals surface area contributed by atoms with Crippen molar-refractivity contribution in [1.29, 1.82) is 0 Å². The van der Waals surface area contributed by atoms with Gasteiger partial charge in [0.05, 0.1) is 24.8 Å². The second-order valence-corrected chi connectivity index (χ2v) is 6.68. The van der Waals surface area contributed by atoms with Gasteiger partial charge in [0.15, 0.2) is 5.69 Å². The van der Waals surface area contributed by atoms with Crippen molar-refractivity contribution in [1.82, 2.24) is 9.78 Å². The van der Waals surface area contributed by atoms with E-state index in [0.29, 0.717) is 22.9 Å². The van der Waals surface area contributed by atoms with Crippen LogP contribution in [0.5, 0.6) is 5.75 Å². The lowest BCUT2D eigenvalue weighted by Crippen LogP contribution is -2.25. The van der Waals surface area contributed by atoms with Crippen molar-refractivity contribution in [2.75, 3.05) is 13.7 Å². The number of hydrogen-bond donors (Lipinski definition) is 0. The molecule has 0 N–H and O–H groups in total. The first-order valence-electron chi connectivity index (χ1n) is 9.55. The fourth-order valence-electron chi connectivity index (χ4n) is 3.21. The number of rotatable bonds is 6. The highest BCUT2D eigenvalue weighted by Crippen LogP contribution is 2.17. The number of methoxy groups -OCH3 is 1. The lowest BCUT2D eigenvalue weighted by atomic mass is 10.1. The number of esters is 1. The minimum Gasteiger partial charge on any atom is -0.497 e. The van der Waals surface area contributed by atoms with Crippen molar-refractivity contribution in [3.05, 3.63) is 100 Å². The largest absolute Gasteiger partial charge is 0.497 e. The molecule has 0 amide bonds. The maximum Gasteiger partial charge on any atom is 0.359 e. The van der Waals surface area contributed by atoms with E-state index in [2.05, 4.69) is 5.10 Å². The van der Waals surface area contributed by atoms with Crippen molar-refractivity contribution >= 4 is 16.7 Å². The standard InChI is InChI=1S/C24H20N2O4/c1-29-19-13-11-17(12-14-19)15-16-30-24(28)22-20-9-5-6-10-21(20)23(27)26(25-22)18-7-3-2-4-8-18/h2-14H,15-16H2,1H3. The highest BCUT2D eigenvalue weighted by molar-refractivity contribution is 6.02. The summed E-state index contributed by atoms with van der Waals surface area (Å²) in [4.78, 5) is 25.7. The molecule has 4 rings (SSSR count). The van der Waals surface area contributed by atoms with E-state index < -0.39 is 5.97 Å². The molecular formula is C24H20N2O4. The minimum atomic E-state index is -0.565. The van der Waals surface area contributed by atoms with E-state index in [1.807, 2.05) is 42.5 Å². The molecule has 30 heavy (non-hydrogen) atoms. The average Bonchev–Trinajstić information content (AvgIpc) is 2.80. The van der Waals surface area contributed by atoms with Crippen molar-refractivity contribution in [3.8, 4) is 11.4 Å². The third-order valence-electron chi connectivity index (χ3n) is 4.78. The Kier molecular flexibility index (Phi) is 5.57. The van der Waals surface area contributed by atoms with Crippen LogP contribution in [0.3, 0.4) is 0 Å². The van der Waals surface area contributed by atoms with Gasteiger partial charge in [-0.3, -0.25) is 4.79 Å². The van der Waals surface area contributed by atoms with Gasteiger partial charge < -0.3 is 9.47 Å². The number of carbonyl (C=O) groups is 1.